The minimum Gasteiger partial charge on any atom is -0.493 e. The number of halogens is 1. The lowest BCUT2D eigenvalue weighted by Gasteiger charge is -2.26. The van der Waals surface area contributed by atoms with Crippen LogP contribution in [0.25, 0.3) is 6.08 Å². The third-order valence-electron chi connectivity index (χ3n) is 4.27. The molecular formula is C22H19IN2O5. The fourth-order valence-corrected chi connectivity index (χ4v) is 3.71. The average Bonchev–Trinajstić information content (AvgIpc) is 2.70. The van der Waals surface area contributed by atoms with E-state index in [0.29, 0.717) is 29.4 Å². The van der Waals surface area contributed by atoms with Gasteiger partial charge in [-0.25, -0.2) is 9.69 Å². The summed E-state index contributed by atoms with van der Waals surface area (Å²) in [6.45, 7) is 5.78. The number of aryl methyl sites for hydroxylation is 1. The van der Waals surface area contributed by atoms with E-state index in [1.54, 1.807) is 36.4 Å². The molecule has 1 aliphatic heterocycles. The van der Waals surface area contributed by atoms with E-state index in [4.69, 9.17) is 9.47 Å². The number of carbonyl (C=O) groups is 3. The first-order valence-electron chi connectivity index (χ1n) is 8.95. The SMILES string of the molecule is C=CCOc1c(I)cc(/C=C2\C(=O)NC(=O)N(c3cccc(C)c3)C2=O)cc1OC. The largest absolute Gasteiger partial charge is 0.493 e. The number of urea groups is 1. The van der Waals surface area contributed by atoms with Gasteiger partial charge in [0.05, 0.1) is 16.4 Å². The molecule has 0 aliphatic carbocycles. The number of ether oxygens (including phenoxy) is 2. The minimum absolute atomic E-state index is 0.159. The van der Waals surface area contributed by atoms with E-state index < -0.39 is 17.8 Å². The van der Waals surface area contributed by atoms with Crippen molar-refractivity contribution in [3.63, 3.8) is 0 Å². The summed E-state index contributed by atoms with van der Waals surface area (Å²) in [6, 6.07) is 9.54. The number of barbiturate groups is 1. The molecule has 0 atom stereocenters. The Balaban J connectivity index is 2.02. The van der Waals surface area contributed by atoms with Gasteiger partial charge in [-0.15, -0.1) is 0 Å². The lowest BCUT2D eigenvalue weighted by atomic mass is 10.1. The number of hydrogen-bond acceptors (Lipinski definition) is 5. The molecule has 1 saturated heterocycles. The molecule has 0 radical (unpaired) electrons. The molecule has 0 saturated carbocycles. The van der Waals surface area contributed by atoms with Crippen molar-refractivity contribution in [2.24, 2.45) is 0 Å². The lowest BCUT2D eigenvalue weighted by molar-refractivity contribution is -0.122. The van der Waals surface area contributed by atoms with Crippen LogP contribution in [0.3, 0.4) is 0 Å². The number of nitrogens with one attached hydrogen (secondary N) is 1. The van der Waals surface area contributed by atoms with Crippen LogP contribution in [0.5, 0.6) is 11.5 Å². The number of benzene rings is 2. The van der Waals surface area contributed by atoms with Crippen LogP contribution in [0.1, 0.15) is 11.1 Å². The highest BCUT2D eigenvalue weighted by Gasteiger charge is 2.36. The molecule has 2 aromatic rings. The van der Waals surface area contributed by atoms with E-state index in [-0.39, 0.29) is 5.57 Å². The van der Waals surface area contributed by atoms with Crippen molar-refractivity contribution in [2.45, 2.75) is 6.92 Å². The third-order valence-corrected chi connectivity index (χ3v) is 5.07. The van der Waals surface area contributed by atoms with Crippen LogP contribution in [-0.4, -0.2) is 31.6 Å². The Bertz CT molecular complexity index is 1080. The number of imide groups is 2. The molecule has 2 aromatic carbocycles. The molecule has 8 heteroatoms. The molecule has 4 amide bonds. The number of rotatable bonds is 6. The van der Waals surface area contributed by atoms with Crippen molar-refractivity contribution in [2.75, 3.05) is 18.6 Å². The van der Waals surface area contributed by atoms with Gasteiger partial charge in [0.1, 0.15) is 12.2 Å². The Morgan fingerprint density at radius 3 is 2.63 bits per heavy atom. The van der Waals surface area contributed by atoms with Gasteiger partial charge in [0.25, 0.3) is 11.8 Å². The topological polar surface area (TPSA) is 84.9 Å². The standard InChI is InChI=1S/C22H19IN2O5/c1-4-8-30-19-17(23)11-14(12-18(19)29-3)10-16-20(26)24-22(28)25(21(16)27)15-7-5-6-13(2)9-15/h4-7,9-12H,1,8H2,2-3H3,(H,24,26,28)/b16-10+. The predicted octanol–water partition coefficient (Wildman–Crippen LogP) is 3.84. The van der Waals surface area contributed by atoms with Crippen molar-refractivity contribution in [1.29, 1.82) is 0 Å². The summed E-state index contributed by atoms with van der Waals surface area (Å²) in [5, 5.41) is 2.22. The molecule has 1 aliphatic rings. The Morgan fingerprint density at radius 2 is 1.97 bits per heavy atom. The molecule has 1 fully saturated rings. The second-order valence-electron chi connectivity index (χ2n) is 6.43. The number of nitrogens with zero attached hydrogens (tertiary/aromatic N) is 1. The van der Waals surface area contributed by atoms with Crippen LogP contribution in [0.4, 0.5) is 10.5 Å². The van der Waals surface area contributed by atoms with Crippen molar-refractivity contribution in [3.05, 3.63) is 69.3 Å². The molecule has 30 heavy (non-hydrogen) atoms. The normalized spacial score (nSPS) is 15.2. The Hall–Kier alpha value is -3.14. The number of anilines is 1. The fourth-order valence-electron chi connectivity index (χ4n) is 2.93. The summed E-state index contributed by atoms with van der Waals surface area (Å²) in [6.07, 6.45) is 3.04. The summed E-state index contributed by atoms with van der Waals surface area (Å²) in [4.78, 5) is 38.7. The zero-order valence-electron chi connectivity index (χ0n) is 16.4. The molecule has 0 unspecified atom stereocenters. The highest BCUT2D eigenvalue weighted by atomic mass is 127. The van der Waals surface area contributed by atoms with Crippen molar-refractivity contribution in [3.8, 4) is 11.5 Å². The van der Waals surface area contributed by atoms with Gasteiger partial charge in [0, 0.05) is 0 Å². The molecule has 0 aromatic heterocycles. The number of carbonyl (C=O) groups excluding carboxylic acids is 3. The number of hydrogen-bond donors (Lipinski definition) is 1. The fraction of sp³-hybridized carbons (Fsp3) is 0.136. The van der Waals surface area contributed by atoms with Crippen molar-refractivity contribution in [1.82, 2.24) is 5.32 Å². The summed E-state index contributed by atoms with van der Waals surface area (Å²) in [5.41, 5.74) is 1.66. The second kappa shape index (κ2) is 9.12. The zero-order valence-corrected chi connectivity index (χ0v) is 18.6. The Labute approximate surface area is 187 Å². The van der Waals surface area contributed by atoms with E-state index in [9.17, 15) is 14.4 Å². The van der Waals surface area contributed by atoms with Gasteiger partial charge in [-0.05, 0) is 71.0 Å². The first-order valence-corrected chi connectivity index (χ1v) is 10.0. The van der Waals surface area contributed by atoms with E-state index in [1.807, 2.05) is 13.0 Å². The van der Waals surface area contributed by atoms with Gasteiger partial charge in [-0.1, -0.05) is 24.8 Å². The summed E-state index contributed by atoms with van der Waals surface area (Å²) in [7, 11) is 1.50. The van der Waals surface area contributed by atoms with Crippen molar-refractivity contribution >= 4 is 52.2 Å². The molecule has 154 valence electrons. The molecule has 0 bridgehead atoms. The van der Waals surface area contributed by atoms with Crippen LogP contribution in [0.2, 0.25) is 0 Å². The van der Waals surface area contributed by atoms with Crippen LogP contribution in [0.15, 0.2) is 54.6 Å². The van der Waals surface area contributed by atoms with E-state index in [0.717, 1.165) is 14.0 Å². The average molecular weight is 518 g/mol. The van der Waals surface area contributed by atoms with Gasteiger partial charge >= 0.3 is 6.03 Å². The van der Waals surface area contributed by atoms with E-state index in [1.165, 1.54) is 13.2 Å². The van der Waals surface area contributed by atoms with E-state index in [2.05, 4.69) is 34.5 Å². The first kappa shape index (κ1) is 21.6. The van der Waals surface area contributed by atoms with Gasteiger partial charge < -0.3 is 9.47 Å². The highest BCUT2D eigenvalue weighted by Crippen LogP contribution is 2.35. The highest BCUT2D eigenvalue weighted by molar-refractivity contribution is 14.1. The number of amides is 4. The van der Waals surface area contributed by atoms with E-state index >= 15 is 0 Å². The van der Waals surface area contributed by atoms with Crippen molar-refractivity contribution < 1.29 is 23.9 Å². The van der Waals surface area contributed by atoms with Crippen LogP contribution in [0, 0.1) is 10.5 Å². The van der Waals surface area contributed by atoms with Gasteiger partial charge in [0.2, 0.25) is 0 Å². The predicted molar refractivity (Wildman–Crippen MR) is 122 cm³/mol. The Kier molecular flexibility index (Phi) is 6.56. The number of methoxy groups -OCH3 is 1. The maximum Gasteiger partial charge on any atom is 0.335 e. The molecule has 1 N–H and O–H groups in total. The third kappa shape index (κ3) is 4.38. The summed E-state index contributed by atoms with van der Waals surface area (Å²) >= 11 is 2.08. The van der Waals surface area contributed by atoms with Gasteiger partial charge in [0.15, 0.2) is 11.5 Å². The van der Waals surface area contributed by atoms with Gasteiger partial charge in [-0.2, -0.15) is 0 Å². The van der Waals surface area contributed by atoms with Crippen LogP contribution in [-0.2, 0) is 9.59 Å². The Morgan fingerprint density at radius 1 is 1.20 bits per heavy atom. The molecule has 7 nitrogen and oxygen atoms in total. The zero-order chi connectivity index (χ0) is 21.8. The minimum atomic E-state index is -0.784. The first-order chi connectivity index (χ1) is 14.3. The van der Waals surface area contributed by atoms with Crippen LogP contribution >= 0.6 is 22.6 Å². The molecule has 3 rings (SSSR count). The molecule has 0 spiro atoms. The van der Waals surface area contributed by atoms with Crippen LogP contribution < -0.4 is 19.7 Å². The monoisotopic (exact) mass is 518 g/mol. The summed E-state index contributed by atoms with van der Waals surface area (Å²) < 4.78 is 11.7. The quantitative estimate of drug-likeness (QED) is 0.272. The maximum absolute atomic E-state index is 13.0. The van der Waals surface area contributed by atoms with Gasteiger partial charge in [-0.3, -0.25) is 14.9 Å². The smallest absolute Gasteiger partial charge is 0.335 e. The maximum atomic E-state index is 13.0. The lowest BCUT2D eigenvalue weighted by Crippen LogP contribution is -2.54. The molecule has 1 heterocycles. The molecular weight excluding hydrogens is 499 g/mol. The second-order valence-corrected chi connectivity index (χ2v) is 7.59. The summed E-state index contributed by atoms with van der Waals surface area (Å²) in [5.74, 6) is -0.466.